The Morgan fingerprint density at radius 1 is 1.20 bits per heavy atom. The van der Waals surface area contributed by atoms with Crippen LogP contribution in [0.4, 0.5) is 0 Å². The van der Waals surface area contributed by atoms with E-state index in [0.717, 1.165) is 27.5 Å². The fraction of sp³-hybridized carbons (Fsp3) is 0.375. The van der Waals surface area contributed by atoms with Gasteiger partial charge >= 0.3 is 0 Å². The van der Waals surface area contributed by atoms with Gasteiger partial charge in [-0.1, -0.05) is 43.8 Å². The maximum atomic E-state index is 5.41. The fourth-order valence-electron chi connectivity index (χ4n) is 2.19. The van der Waals surface area contributed by atoms with Crippen LogP contribution in [-0.4, -0.2) is 9.97 Å². The number of H-pyrrole nitrogens is 1. The van der Waals surface area contributed by atoms with Gasteiger partial charge in [-0.25, -0.2) is 4.98 Å². The molecule has 0 atom stereocenters. The zero-order valence-corrected chi connectivity index (χ0v) is 14.0. The van der Waals surface area contributed by atoms with E-state index in [1.807, 2.05) is 0 Å². The van der Waals surface area contributed by atoms with E-state index in [1.54, 1.807) is 11.8 Å². The fourth-order valence-corrected chi connectivity index (χ4v) is 3.46. The average Bonchev–Trinajstić information content (AvgIpc) is 2.37. The number of benzene rings is 1. The number of hydrogen-bond acceptors (Lipinski definition) is 3. The lowest BCUT2D eigenvalue weighted by Gasteiger charge is -2.11. The van der Waals surface area contributed by atoms with Crippen molar-refractivity contribution in [3.05, 3.63) is 51.6 Å². The Balaban J connectivity index is 2.15. The average molecular weight is 304 g/mol. The Hall–Kier alpha value is -1.13. The van der Waals surface area contributed by atoms with Crippen molar-refractivity contribution in [3.8, 4) is 0 Å². The minimum Gasteiger partial charge on any atom is -0.346 e. The number of hydrogen-bond donors (Lipinski definition) is 1. The molecular weight excluding hydrogens is 284 g/mol. The zero-order chi connectivity index (χ0) is 14.7. The Kier molecular flexibility index (Phi) is 5.00. The van der Waals surface area contributed by atoms with Crippen LogP contribution in [0.3, 0.4) is 0 Å². The van der Waals surface area contributed by atoms with Crippen LogP contribution in [0, 0.1) is 18.5 Å². The maximum absolute atomic E-state index is 5.41. The monoisotopic (exact) mass is 304 g/mol. The molecule has 0 spiro atoms. The summed E-state index contributed by atoms with van der Waals surface area (Å²) >= 11 is 7.18. The lowest BCUT2D eigenvalue weighted by Crippen LogP contribution is -2.03. The van der Waals surface area contributed by atoms with Crippen LogP contribution in [0.5, 0.6) is 0 Å². The van der Waals surface area contributed by atoms with E-state index < -0.39 is 0 Å². The van der Waals surface area contributed by atoms with Gasteiger partial charge in [0.2, 0.25) is 0 Å². The Morgan fingerprint density at radius 2 is 1.85 bits per heavy atom. The van der Waals surface area contributed by atoms with Gasteiger partial charge in [0.25, 0.3) is 0 Å². The molecule has 0 radical (unpaired) electrons. The van der Waals surface area contributed by atoms with Crippen LogP contribution in [-0.2, 0) is 5.75 Å². The minimum absolute atomic E-state index is 0.407. The van der Waals surface area contributed by atoms with Crippen molar-refractivity contribution in [2.45, 2.75) is 44.3 Å². The molecule has 2 aromatic rings. The van der Waals surface area contributed by atoms with Gasteiger partial charge in [0.15, 0.2) is 0 Å². The van der Waals surface area contributed by atoms with Crippen LogP contribution in [0.25, 0.3) is 0 Å². The van der Waals surface area contributed by atoms with Crippen LogP contribution < -0.4 is 0 Å². The van der Waals surface area contributed by atoms with Gasteiger partial charge in [-0.2, -0.15) is 0 Å². The Bertz CT molecular complexity index is 643. The molecule has 0 aliphatic carbocycles. The predicted molar refractivity (Wildman–Crippen MR) is 89.0 cm³/mol. The smallest absolute Gasteiger partial charge is 0.133 e. The molecule has 0 saturated carbocycles. The van der Waals surface area contributed by atoms with E-state index in [9.17, 15) is 0 Å². The maximum Gasteiger partial charge on any atom is 0.133 e. The number of nitrogens with one attached hydrogen (secondary N) is 1. The van der Waals surface area contributed by atoms with Gasteiger partial charge in [-0.15, -0.1) is 11.8 Å². The summed E-state index contributed by atoms with van der Waals surface area (Å²) in [6, 6.07) is 8.55. The largest absolute Gasteiger partial charge is 0.346 e. The van der Waals surface area contributed by atoms with Crippen LogP contribution in [0.15, 0.2) is 29.2 Å². The summed E-state index contributed by atoms with van der Waals surface area (Å²) in [5.41, 5.74) is 3.58. The summed E-state index contributed by atoms with van der Waals surface area (Å²) in [6.07, 6.45) is 0. The van der Waals surface area contributed by atoms with Crippen molar-refractivity contribution in [2.75, 3.05) is 0 Å². The quantitative estimate of drug-likeness (QED) is 0.624. The molecule has 1 aromatic carbocycles. The molecule has 0 saturated heterocycles. The Morgan fingerprint density at radius 3 is 2.40 bits per heavy atom. The highest BCUT2D eigenvalue weighted by Gasteiger charge is 2.09. The van der Waals surface area contributed by atoms with Crippen LogP contribution in [0.2, 0.25) is 0 Å². The predicted octanol–water partition coefficient (Wildman–Crippen LogP) is 5.17. The summed E-state index contributed by atoms with van der Waals surface area (Å²) in [5, 5.41) is 0. The standard InChI is InChI=1S/C16H20N2S2/c1-10(2)15-12(4)17-14(18-16(15)19)9-20-13-7-5-11(3)6-8-13/h5-8,10H,9H2,1-4H3,(H,17,18,19). The van der Waals surface area contributed by atoms with Crippen LogP contribution in [0.1, 0.15) is 42.4 Å². The third kappa shape index (κ3) is 3.70. The second-order valence-corrected chi connectivity index (χ2v) is 6.72. The number of nitrogens with zero attached hydrogens (tertiary/aromatic N) is 1. The van der Waals surface area contributed by atoms with Crippen molar-refractivity contribution in [3.63, 3.8) is 0 Å². The molecule has 20 heavy (non-hydrogen) atoms. The lowest BCUT2D eigenvalue weighted by molar-refractivity contribution is 0.810. The van der Waals surface area contributed by atoms with Crippen LogP contribution >= 0.6 is 24.0 Å². The van der Waals surface area contributed by atoms with Gasteiger partial charge in [0.05, 0.1) is 5.75 Å². The molecule has 2 nitrogen and oxygen atoms in total. The molecule has 0 amide bonds. The van der Waals surface area contributed by atoms with Crippen molar-refractivity contribution in [1.82, 2.24) is 9.97 Å². The Labute approximate surface area is 130 Å². The topological polar surface area (TPSA) is 28.7 Å². The van der Waals surface area contributed by atoms with E-state index >= 15 is 0 Å². The second-order valence-electron chi connectivity index (χ2n) is 5.28. The van der Waals surface area contributed by atoms with Crippen molar-refractivity contribution < 1.29 is 0 Å². The van der Waals surface area contributed by atoms with Crippen molar-refractivity contribution in [2.24, 2.45) is 0 Å². The molecule has 106 valence electrons. The third-order valence-corrected chi connectivity index (χ3v) is 4.51. The van der Waals surface area contributed by atoms with E-state index in [-0.39, 0.29) is 0 Å². The summed E-state index contributed by atoms with van der Waals surface area (Å²) < 4.78 is 0.732. The summed E-state index contributed by atoms with van der Waals surface area (Å²) in [6.45, 7) is 8.47. The highest BCUT2D eigenvalue weighted by Crippen LogP contribution is 2.23. The normalized spacial score (nSPS) is 11.1. The minimum atomic E-state index is 0.407. The lowest BCUT2D eigenvalue weighted by atomic mass is 10.0. The summed E-state index contributed by atoms with van der Waals surface area (Å²) in [4.78, 5) is 9.16. The summed E-state index contributed by atoms with van der Waals surface area (Å²) in [5.74, 6) is 2.17. The van der Waals surface area contributed by atoms with Gasteiger partial charge < -0.3 is 4.98 Å². The van der Waals surface area contributed by atoms with Gasteiger partial charge in [-0.3, -0.25) is 0 Å². The molecule has 1 aromatic heterocycles. The number of thioether (sulfide) groups is 1. The van der Waals surface area contributed by atoms with E-state index in [0.29, 0.717) is 5.92 Å². The van der Waals surface area contributed by atoms with E-state index in [4.69, 9.17) is 12.2 Å². The van der Waals surface area contributed by atoms with Gasteiger partial charge in [-0.05, 0) is 31.9 Å². The molecule has 0 aliphatic heterocycles. The molecule has 0 aliphatic rings. The summed E-state index contributed by atoms with van der Waals surface area (Å²) in [7, 11) is 0. The molecule has 4 heteroatoms. The molecule has 1 N–H and O–H groups in total. The molecule has 1 heterocycles. The SMILES string of the molecule is Cc1ccc(SCc2nc(=S)c(C(C)C)c(C)[nH]2)cc1. The van der Waals surface area contributed by atoms with Gasteiger partial charge in [0.1, 0.15) is 10.5 Å². The number of aromatic nitrogens is 2. The molecule has 0 fully saturated rings. The molecule has 0 bridgehead atoms. The van der Waals surface area contributed by atoms with E-state index in [1.165, 1.54) is 10.5 Å². The number of rotatable bonds is 4. The first-order chi connectivity index (χ1) is 9.47. The van der Waals surface area contributed by atoms with E-state index in [2.05, 4.69) is 61.9 Å². The zero-order valence-electron chi connectivity index (χ0n) is 12.4. The highest BCUT2D eigenvalue weighted by molar-refractivity contribution is 7.98. The molecular formula is C16H20N2S2. The first-order valence-corrected chi connectivity index (χ1v) is 8.16. The second kappa shape index (κ2) is 6.55. The first-order valence-electron chi connectivity index (χ1n) is 6.76. The van der Waals surface area contributed by atoms with Crippen molar-refractivity contribution >= 4 is 24.0 Å². The van der Waals surface area contributed by atoms with Crippen molar-refractivity contribution in [1.29, 1.82) is 0 Å². The van der Waals surface area contributed by atoms with Gasteiger partial charge in [0, 0.05) is 16.2 Å². The molecule has 0 unspecified atom stereocenters. The first kappa shape index (κ1) is 15.3. The molecule has 2 rings (SSSR count). The number of aryl methyl sites for hydroxylation is 2. The highest BCUT2D eigenvalue weighted by atomic mass is 32.2. The number of aromatic amines is 1. The third-order valence-electron chi connectivity index (χ3n) is 3.18.